The highest BCUT2D eigenvalue weighted by molar-refractivity contribution is 7.99. The van der Waals surface area contributed by atoms with E-state index in [0.717, 1.165) is 12.2 Å². The number of hydrogen-bond acceptors (Lipinski definition) is 3. The average Bonchev–Trinajstić information content (AvgIpc) is 2.28. The fraction of sp³-hybridized carbons (Fsp3) is 0.615. The van der Waals surface area contributed by atoms with Gasteiger partial charge in [-0.3, -0.25) is 4.98 Å². The molecule has 3 heteroatoms. The van der Waals surface area contributed by atoms with Gasteiger partial charge < -0.3 is 5.32 Å². The largest absolute Gasteiger partial charge is 0.307 e. The average molecular weight is 236 g/mol. The van der Waals surface area contributed by atoms with Crippen LogP contribution in [0.2, 0.25) is 0 Å². The summed E-state index contributed by atoms with van der Waals surface area (Å²) in [6, 6.07) is 6.69. The summed E-state index contributed by atoms with van der Waals surface area (Å²) in [6.07, 6.45) is 3.16. The van der Waals surface area contributed by atoms with E-state index in [4.69, 9.17) is 0 Å². The lowest BCUT2D eigenvalue weighted by Gasteiger charge is -2.38. The summed E-state index contributed by atoms with van der Waals surface area (Å²) in [5.74, 6) is 2.52. The van der Waals surface area contributed by atoms with E-state index >= 15 is 0 Å². The number of nitrogens with zero attached hydrogens (tertiary/aromatic N) is 1. The SMILES string of the molecule is CC1(C)CCSCC1NCc1ccccn1. The predicted octanol–water partition coefficient (Wildman–Crippen LogP) is 2.70. The quantitative estimate of drug-likeness (QED) is 0.873. The van der Waals surface area contributed by atoms with Crippen LogP contribution >= 0.6 is 11.8 Å². The van der Waals surface area contributed by atoms with Crippen molar-refractivity contribution in [2.75, 3.05) is 11.5 Å². The molecule has 16 heavy (non-hydrogen) atoms. The van der Waals surface area contributed by atoms with E-state index in [1.807, 2.05) is 18.3 Å². The van der Waals surface area contributed by atoms with Gasteiger partial charge in [0, 0.05) is 24.5 Å². The smallest absolute Gasteiger partial charge is 0.0541 e. The fourth-order valence-corrected chi connectivity index (χ4v) is 3.64. The zero-order valence-corrected chi connectivity index (χ0v) is 10.9. The number of aromatic nitrogens is 1. The van der Waals surface area contributed by atoms with E-state index in [1.54, 1.807) is 0 Å². The predicted molar refractivity (Wildman–Crippen MR) is 70.6 cm³/mol. The molecule has 1 saturated heterocycles. The summed E-state index contributed by atoms with van der Waals surface area (Å²) in [5, 5.41) is 3.64. The zero-order chi connectivity index (χ0) is 11.4. The first kappa shape index (κ1) is 11.9. The first-order chi connectivity index (χ1) is 7.68. The molecule has 1 N–H and O–H groups in total. The Bertz CT molecular complexity index is 324. The van der Waals surface area contributed by atoms with E-state index in [2.05, 4.69) is 42.0 Å². The minimum atomic E-state index is 0.417. The van der Waals surface area contributed by atoms with Crippen LogP contribution in [-0.4, -0.2) is 22.5 Å². The van der Waals surface area contributed by atoms with Crippen molar-refractivity contribution in [1.82, 2.24) is 10.3 Å². The van der Waals surface area contributed by atoms with Crippen molar-refractivity contribution in [2.24, 2.45) is 5.41 Å². The highest BCUT2D eigenvalue weighted by atomic mass is 32.2. The molecule has 1 fully saturated rings. The lowest BCUT2D eigenvalue weighted by Crippen LogP contribution is -2.46. The molecular formula is C13H20N2S. The second kappa shape index (κ2) is 5.19. The molecule has 0 saturated carbocycles. The Morgan fingerprint density at radius 3 is 3.06 bits per heavy atom. The lowest BCUT2D eigenvalue weighted by atomic mass is 9.82. The van der Waals surface area contributed by atoms with Crippen LogP contribution < -0.4 is 5.32 Å². The summed E-state index contributed by atoms with van der Waals surface area (Å²) in [7, 11) is 0. The molecular weight excluding hydrogens is 216 g/mol. The maximum Gasteiger partial charge on any atom is 0.0541 e. The third kappa shape index (κ3) is 2.98. The Labute approximate surface area is 102 Å². The van der Waals surface area contributed by atoms with Crippen molar-refractivity contribution < 1.29 is 0 Å². The second-order valence-corrected chi connectivity index (χ2v) is 6.22. The summed E-state index contributed by atoms with van der Waals surface area (Å²) in [5.41, 5.74) is 1.55. The van der Waals surface area contributed by atoms with Gasteiger partial charge in [-0.15, -0.1) is 0 Å². The summed E-state index contributed by atoms with van der Waals surface area (Å²) in [4.78, 5) is 4.34. The van der Waals surface area contributed by atoms with Crippen molar-refractivity contribution in [1.29, 1.82) is 0 Å². The number of pyridine rings is 1. The van der Waals surface area contributed by atoms with Gasteiger partial charge in [0.05, 0.1) is 5.69 Å². The van der Waals surface area contributed by atoms with Crippen LogP contribution in [0.5, 0.6) is 0 Å². The molecule has 1 aromatic rings. The van der Waals surface area contributed by atoms with Crippen molar-refractivity contribution in [3.8, 4) is 0 Å². The molecule has 1 atom stereocenters. The van der Waals surface area contributed by atoms with Crippen LogP contribution in [-0.2, 0) is 6.54 Å². The normalized spacial score (nSPS) is 24.2. The number of rotatable bonds is 3. The molecule has 0 amide bonds. The van der Waals surface area contributed by atoms with E-state index in [9.17, 15) is 0 Å². The summed E-state index contributed by atoms with van der Waals surface area (Å²) >= 11 is 2.06. The number of nitrogens with one attached hydrogen (secondary N) is 1. The van der Waals surface area contributed by atoms with E-state index < -0.39 is 0 Å². The molecule has 0 aliphatic carbocycles. The molecule has 0 aromatic carbocycles. The van der Waals surface area contributed by atoms with Crippen molar-refractivity contribution in [3.05, 3.63) is 30.1 Å². The molecule has 1 aliphatic heterocycles. The molecule has 0 spiro atoms. The molecule has 1 aromatic heterocycles. The lowest BCUT2D eigenvalue weighted by molar-refractivity contribution is 0.244. The van der Waals surface area contributed by atoms with Gasteiger partial charge >= 0.3 is 0 Å². The Kier molecular flexibility index (Phi) is 3.87. The Morgan fingerprint density at radius 2 is 2.38 bits per heavy atom. The zero-order valence-electron chi connectivity index (χ0n) is 10.1. The number of thioether (sulfide) groups is 1. The standard InChI is InChI=1S/C13H20N2S/c1-13(2)6-8-16-10-12(13)15-9-11-5-3-4-7-14-11/h3-5,7,12,15H,6,8-10H2,1-2H3. The minimum absolute atomic E-state index is 0.417. The fourth-order valence-electron chi connectivity index (χ4n) is 2.00. The van der Waals surface area contributed by atoms with E-state index in [0.29, 0.717) is 11.5 Å². The highest BCUT2D eigenvalue weighted by Crippen LogP contribution is 2.34. The van der Waals surface area contributed by atoms with Crippen LogP contribution in [0.15, 0.2) is 24.4 Å². The molecule has 2 rings (SSSR count). The summed E-state index contributed by atoms with van der Waals surface area (Å²) < 4.78 is 0. The van der Waals surface area contributed by atoms with Crippen molar-refractivity contribution in [3.63, 3.8) is 0 Å². The molecule has 1 unspecified atom stereocenters. The Morgan fingerprint density at radius 1 is 1.50 bits per heavy atom. The molecule has 0 bridgehead atoms. The van der Waals surface area contributed by atoms with Gasteiger partial charge in [0.1, 0.15) is 0 Å². The van der Waals surface area contributed by atoms with Gasteiger partial charge in [0.15, 0.2) is 0 Å². The molecule has 2 nitrogen and oxygen atoms in total. The van der Waals surface area contributed by atoms with Gasteiger partial charge in [-0.25, -0.2) is 0 Å². The maximum absolute atomic E-state index is 4.34. The Balaban J connectivity index is 1.90. The maximum atomic E-state index is 4.34. The molecule has 2 heterocycles. The second-order valence-electron chi connectivity index (χ2n) is 5.07. The molecule has 0 radical (unpaired) electrons. The van der Waals surface area contributed by atoms with Gasteiger partial charge in [-0.2, -0.15) is 11.8 Å². The topological polar surface area (TPSA) is 24.9 Å². The van der Waals surface area contributed by atoms with Crippen molar-refractivity contribution >= 4 is 11.8 Å². The number of hydrogen-bond donors (Lipinski definition) is 1. The third-order valence-corrected chi connectivity index (χ3v) is 4.44. The first-order valence-corrected chi connectivity index (χ1v) is 7.05. The van der Waals surface area contributed by atoms with Crippen LogP contribution in [0.4, 0.5) is 0 Å². The summed E-state index contributed by atoms with van der Waals surface area (Å²) in [6.45, 7) is 5.61. The van der Waals surface area contributed by atoms with Crippen molar-refractivity contribution in [2.45, 2.75) is 32.9 Å². The van der Waals surface area contributed by atoms with Gasteiger partial charge in [0.25, 0.3) is 0 Å². The van der Waals surface area contributed by atoms with Crippen LogP contribution in [0.3, 0.4) is 0 Å². The van der Waals surface area contributed by atoms with Crippen LogP contribution in [0.1, 0.15) is 26.0 Å². The minimum Gasteiger partial charge on any atom is -0.307 e. The van der Waals surface area contributed by atoms with Crippen LogP contribution in [0.25, 0.3) is 0 Å². The molecule has 88 valence electrons. The van der Waals surface area contributed by atoms with Crippen LogP contribution in [0, 0.1) is 5.41 Å². The third-order valence-electron chi connectivity index (χ3n) is 3.37. The van der Waals surface area contributed by atoms with E-state index in [1.165, 1.54) is 17.9 Å². The van der Waals surface area contributed by atoms with Gasteiger partial charge in [-0.1, -0.05) is 19.9 Å². The van der Waals surface area contributed by atoms with Gasteiger partial charge in [-0.05, 0) is 29.7 Å². The molecule has 1 aliphatic rings. The first-order valence-electron chi connectivity index (χ1n) is 5.89. The van der Waals surface area contributed by atoms with Gasteiger partial charge in [0.2, 0.25) is 0 Å². The monoisotopic (exact) mass is 236 g/mol. The van der Waals surface area contributed by atoms with E-state index in [-0.39, 0.29) is 0 Å². The Hall–Kier alpha value is -0.540. The highest BCUT2D eigenvalue weighted by Gasteiger charge is 2.31.